The molecule has 1 unspecified atom stereocenters. The molecule has 0 aliphatic carbocycles. The topological polar surface area (TPSA) is 49.9 Å². The first kappa shape index (κ1) is 30.8. The maximum Gasteiger partial charge on any atom is 0.159 e. The van der Waals surface area contributed by atoms with Crippen LogP contribution in [0.5, 0.6) is 0 Å². The van der Waals surface area contributed by atoms with Crippen molar-refractivity contribution < 1.29 is 4.42 Å². The molecule has 0 spiro atoms. The van der Waals surface area contributed by atoms with Crippen molar-refractivity contribution >= 4 is 44.4 Å². The van der Waals surface area contributed by atoms with Crippen LogP contribution in [-0.4, -0.2) is 11.7 Å². The SMILES string of the molecule is c1ccc(C2=NC(c3ccc(-c4ccccc4)cc3)NC(c3cccc4oc5ccc(-c6cccc(-c7ccc8ccccc8c7)c6)cc5c34)=N2)cc1. The highest BCUT2D eigenvalue weighted by molar-refractivity contribution is 6.22. The van der Waals surface area contributed by atoms with E-state index in [1.54, 1.807) is 0 Å². The molecule has 0 amide bonds. The number of nitrogens with zero attached hydrogens (tertiary/aromatic N) is 2. The van der Waals surface area contributed by atoms with Crippen LogP contribution in [0.15, 0.2) is 202 Å². The Morgan fingerprint density at radius 3 is 1.83 bits per heavy atom. The number of hydrogen-bond acceptors (Lipinski definition) is 4. The van der Waals surface area contributed by atoms with Crippen LogP contribution >= 0.6 is 0 Å². The second-order valence-corrected chi connectivity index (χ2v) is 13.4. The van der Waals surface area contributed by atoms with Crippen molar-refractivity contribution in [3.63, 3.8) is 0 Å². The molecule has 1 N–H and O–H groups in total. The molecule has 4 nitrogen and oxygen atoms in total. The smallest absolute Gasteiger partial charge is 0.159 e. The first-order valence-electron chi connectivity index (χ1n) is 17.9. The van der Waals surface area contributed by atoms with E-state index in [4.69, 9.17) is 14.4 Å². The number of benzene rings is 8. The molecule has 2 heterocycles. The van der Waals surface area contributed by atoms with Crippen molar-refractivity contribution in [3.8, 4) is 33.4 Å². The summed E-state index contributed by atoms with van der Waals surface area (Å²) in [5.74, 6) is 1.44. The lowest BCUT2D eigenvalue weighted by atomic mass is 9.96. The van der Waals surface area contributed by atoms with E-state index in [1.165, 1.54) is 33.0 Å². The monoisotopic (exact) mass is 679 g/mol. The average molecular weight is 680 g/mol. The van der Waals surface area contributed by atoms with Crippen molar-refractivity contribution in [2.24, 2.45) is 9.98 Å². The van der Waals surface area contributed by atoms with Gasteiger partial charge in [-0.1, -0.05) is 158 Å². The van der Waals surface area contributed by atoms with Gasteiger partial charge in [0.2, 0.25) is 0 Å². The normalized spacial score (nSPS) is 14.2. The van der Waals surface area contributed by atoms with E-state index in [-0.39, 0.29) is 6.17 Å². The van der Waals surface area contributed by atoms with Crippen LogP contribution in [0.3, 0.4) is 0 Å². The Balaban J connectivity index is 1.06. The molecule has 1 aliphatic rings. The van der Waals surface area contributed by atoms with Gasteiger partial charge in [-0.15, -0.1) is 0 Å². The molecule has 1 aromatic heterocycles. The van der Waals surface area contributed by atoms with E-state index in [2.05, 4.69) is 157 Å². The largest absolute Gasteiger partial charge is 0.456 e. The van der Waals surface area contributed by atoms with Gasteiger partial charge in [0.1, 0.15) is 23.2 Å². The molecular weight excluding hydrogens is 647 g/mol. The van der Waals surface area contributed by atoms with Gasteiger partial charge in [0.05, 0.1) is 0 Å². The molecule has 9 aromatic rings. The fourth-order valence-electron chi connectivity index (χ4n) is 7.41. The van der Waals surface area contributed by atoms with Crippen LogP contribution in [0.2, 0.25) is 0 Å². The lowest BCUT2D eigenvalue weighted by molar-refractivity contribution is 0.668. The van der Waals surface area contributed by atoms with E-state index >= 15 is 0 Å². The minimum atomic E-state index is -0.329. The predicted octanol–water partition coefficient (Wildman–Crippen LogP) is 12.2. The van der Waals surface area contributed by atoms with Gasteiger partial charge in [-0.3, -0.25) is 0 Å². The Morgan fingerprint density at radius 2 is 1.04 bits per heavy atom. The zero-order valence-electron chi connectivity index (χ0n) is 28.8. The minimum Gasteiger partial charge on any atom is -0.456 e. The van der Waals surface area contributed by atoms with Gasteiger partial charge in [0.15, 0.2) is 5.84 Å². The van der Waals surface area contributed by atoms with Crippen LogP contribution in [0.25, 0.3) is 66.1 Å². The van der Waals surface area contributed by atoms with Crippen LogP contribution in [-0.2, 0) is 0 Å². The molecule has 53 heavy (non-hydrogen) atoms. The number of aliphatic imine (C=N–C) groups is 2. The van der Waals surface area contributed by atoms with Gasteiger partial charge >= 0.3 is 0 Å². The lowest BCUT2D eigenvalue weighted by Gasteiger charge is -2.24. The highest BCUT2D eigenvalue weighted by Gasteiger charge is 2.24. The van der Waals surface area contributed by atoms with Crippen molar-refractivity contribution in [1.82, 2.24) is 5.32 Å². The van der Waals surface area contributed by atoms with Gasteiger partial charge in [-0.25, -0.2) is 9.98 Å². The second kappa shape index (κ2) is 12.9. The molecule has 1 atom stereocenters. The Bertz CT molecular complexity index is 2850. The van der Waals surface area contributed by atoms with E-state index in [0.29, 0.717) is 5.84 Å². The Labute approximate surface area is 307 Å². The highest BCUT2D eigenvalue weighted by atomic mass is 16.3. The molecule has 0 saturated carbocycles. The van der Waals surface area contributed by atoms with Crippen LogP contribution in [0, 0.1) is 0 Å². The molecule has 4 heteroatoms. The van der Waals surface area contributed by atoms with E-state index in [0.717, 1.165) is 55.6 Å². The number of furan rings is 1. The van der Waals surface area contributed by atoms with Crippen molar-refractivity contribution in [3.05, 3.63) is 205 Å². The summed E-state index contributed by atoms with van der Waals surface area (Å²) in [6, 6.07) is 65.9. The molecule has 8 aromatic carbocycles. The number of nitrogens with one attached hydrogen (secondary N) is 1. The number of rotatable bonds is 6. The van der Waals surface area contributed by atoms with Gasteiger partial charge in [-0.2, -0.15) is 0 Å². The lowest BCUT2D eigenvalue weighted by Crippen LogP contribution is -2.33. The summed E-state index contributed by atoms with van der Waals surface area (Å²) in [7, 11) is 0. The third kappa shape index (κ3) is 5.77. The third-order valence-electron chi connectivity index (χ3n) is 10.1. The summed E-state index contributed by atoms with van der Waals surface area (Å²) in [6.07, 6.45) is -0.329. The van der Waals surface area contributed by atoms with Gasteiger partial charge in [-0.05, 0) is 80.0 Å². The zero-order chi connectivity index (χ0) is 35.1. The quantitative estimate of drug-likeness (QED) is 0.190. The molecule has 0 fully saturated rings. The molecular formula is C49H33N3O. The van der Waals surface area contributed by atoms with E-state index in [9.17, 15) is 0 Å². The van der Waals surface area contributed by atoms with Gasteiger partial charge < -0.3 is 9.73 Å². The summed E-state index contributed by atoms with van der Waals surface area (Å²) in [6.45, 7) is 0. The highest BCUT2D eigenvalue weighted by Crippen LogP contribution is 2.37. The van der Waals surface area contributed by atoms with Crippen molar-refractivity contribution in [2.75, 3.05) is 0 Å². The second-order valence-electron chi connectivity index (χ2n) is 13.4. The average Bonchev–Trinajstić information content (AvgIpc) is 3.62. The standard InChI is InChI=1S/C49H33N3O/c1-3-11-32(12-4-1)34-21-24-36(25-22-34)48-50-47(35-14-5-2-6-15-35)51-49(52-48)42-19-10-20-45-46(42)43-31-41(27-28-44(43)53-45)39-18-9-17-38(30-39)40-26-23-33-13-7-8-16-37(33)29-40/h1-31,48H,(H,50,51,52). The van der Waals surface area contributed by atoms with Crippen LogP contribution < -0.4 is 5.32 Å². The van der Waals surface area contributed by atoms with E-state index in [1.807, 2.05) is 36.4 Å². The number of fused-ring (bicyclic) bond motifs is 4. The Kier molecular flexibility index (Phi) is 7.51. The fourth-order valence-corrected chi connectivity index (χ4v) is 7.41. The summed E-state index contributed by atoms with van der Waals surface area (Å²) in [5.41, 5.74) is 11.7. The summed E-state index contributed by atoms with van der Waals surface area (Å²) >= 11 is 0. The van der Waals surface area contributed by atoms with Gasteiger partial charge in [0.25, 0.3) is 0 Å². The fraction of sp³-hybridized carbons (Fsp3) is 0.0204. The first-order chi connectivity index (χ1) is 26.2. The van der Waals surface area contributed by atoms with Crippen LogP contribution in [0.4, 0.5) is 0 Å². The molecule has 0 saturated heterocycles. The molecule has 0 bridgehead atoms. The Hall–Kier alpha value is -7.04. The predicted molar refractivity (Wildman–Crippen MR) is 219 cm³/mol. The maximum absolute atomic E-state index is 6.47. The molecule has 1 aliphatic heterocycles. The van der Waals surface area contributed by atoms with Crippen molar-refractivity contribution in [1.29, 1.82) is 0 Å². The Morgan fingerprint density at radius 1 is 0.434 bits per heavy atom. The van der Waals surface area contributed by atoms with Crippen LogP contribution in [0.1, 0.15) is 22.9 Å². The van der Waals surface area contributed by atoms with Crippen molar-refractivity contribution in [2.45, 2.75) is 6.17 Å². The maximum atomic E-state index is 6.47. The summed E-state index contributed by atoms with van der Waals surface area (Å²) < 4.78 is 6.47. The van der Waals surface area contributed by atoms with Gasteiger partial charge in [0, 0.05) is 21.9 Å². The number of hydrogen-bond donors (Lipinski definition) is 1. The zero-order valence-corrected chi connectivity index (χ0v) is 28.8. The molecule has 250 valence electrons. The number of amidine groups is 2. The molecule has 0 radical (unpaired) electrons. The molecule has 10 rings (SSSR count). The summed E-state index contributed by atoms with van der Waals surface area (Å²) in [4.78, 5) is 10.3. The van der Waals surface area contributed by atoms with E-state index < -0.39 is 0 Å². The first-order valence-corrected chi connectivity index (χ1v) is 17.9. The third-order valence-corrected chi connectivity index (χ3v) is 10.1. The minimum absolute atomic E-state index is 0.329. The summed E-state index contributed by atoms with van der Waals surface area (Å²) in [5, 5.41) is 8.24.